The van der Waals surface area contributed by atoms with E-state index in [1.54, 1.807) is 6.92 Å². The highest BCUT2D eigenvalue weighted by molar-refractivity contribution is 5.73. The summed E-state index contributed by atoms with van der Waals surface area (Å²) in [7, 11) is 0. The standard InChI is InChI=1S/C17H31N3O2/c1-3-22-11-10-19-8-4-6-16(12-19)13-20-9-5-7-17(14-20)18-15(2)21/h6,17H,3-5,7-14H2,1-2H3,(H,18,21). The Balaban J connectivity index is 1.75. The zero-order chi connectivity index (χ0) is 15.8. The summed E-state index contributed by atoms with van der Waals surface area (Å²) in [5.41, 5.74) is 1.52. The minimum Gasteiger partial charge on any atom is -0.380 e. The first-order valence-corrected chi connectivity index (χ1v) is 8.65. The Morgan fingerprint density at radius 2 is 2.27 bits per heavy atom. The Bertz CT molecular complexity index is 384. The molecule has 0 aliphatic carbocycles. The van der Waals surface area contributed by atoms with Crippen LogP contribution in [-0.2, 0) is 9.53 Å². The number of carbonyl (C=O) groups excluding carboxylic acids is 1. The van der Waals surface area contributed by atoms with E-state index in [2.05, 4.69) is 21.2 Å². The maximum absolute atomic E-state index is 11.2. The lowest BCUT2D eigenvalue weighted by Crippen LogP contribution is -2.48. The van der Waals surface area contributed by atoms with Crippen molar-refractivity contribution in [2.45, 2.75) is 39.2 Å². The van der Waals surface area contributed by atoms with Crippen molar-refractivity contribution in [1.82, 2.24) is 15.1 Å². The number of nitrogens with zero attached hydrogens (tertiary/aromatic N) is 2. The van der Waals surface area contributed by atoms with Crippen LogP contribution in [0.5, 0.6) is 0 Å². The lowest BCUT2D eigenvalue weighted by molar-refractivity contribution is -0.120. The molecule has 0 bridgehead atoms. The second kappa shape index (κ2) is 9.28. The largest absolute Gasteiger partial charge is 0.380 e. The molecule has 2 aliphatic rings. The molecule has 1 N–H and O–H groups in total. The monoisotopic (exact) mass is 309 g/mol. The van der Waals surface area contributed by atoms with Crippen LogP contribution in [0.3, 0.4) is 0 Å². The number of amides is 1. The summed E-state index contributed by atoms with van der Waals surface area (Å²) in [5, 5.41) is 3.07. The maximum atomic E-state index is 11.2. The molecule has 0 aromatic rings. The summed E-state index contributed by atoms with van der Waals surface area (Å²) in [4.78, 5) is 16.2. The number of ether oxygens (including phenoxy) is 1. The van der Waals surface area contributed by atoms with Gasteiger partial charge in [-0.05, 0) is 38.3 Å². The van der Waals surface area contributed by atoms with E-state index in [9.17, 15) is 4.79 Å². The first kappa shape index (κ1) is 17.4. The van der Waals surface area contributed by atoms with Gasteiger partial charge in [0.1, 0.15) is 0 Å². The van der Waals surface area contributed by atoms with Gasteiger partial charge in [0.05, 0.1) is 6.61 Å². The SMILES string of the molecule is CCOCCN1CCC=C(CN2CCCC(NC(C)=O)C2)C1. The topological polar surface area (TPSA) is 44.8 Å². The van der Waals surface area contributed by atoms with Gasteiger partial charge in [-0.2, -0.15) is 0 Å². The van der Waals surface area contributed by atoms with Crippen LogP contribution in [0.15, 0.2) is 11.6 Å². The smallest absolute Gasteiger partial charge is 0.217 e. The van der Waals surface area contributed by atoms with E-state index in [4.69, 9.17) is 4.74 Å². The summed E-state index contributed by atoms with van der Waals surface area (Å²) in [6, 6.07) is 0.324. The molecule has 0 radical (unpaired) electrons. The molecule has 5 heteroatoms. The third-order valence-corrected chi connectivity index (χ3v) is 4.40. The van der Waals surface area contributed by atoms with Crippen molar-refractivity contribution in [3.8, 4) is 0 Å². The van der Waals surface area contributed by atoms with E-state index in [1.165, 1.54) is 12.0 Å². The van der Waals surface area contributed by atoms with Gasteiger partial charge in [-0.25, -0.2) is 0 Å². The van der Waals surface area contributed by atoms with E-state index in [-0.39, 0.29) is 5.91 Å². The van der Waals surface area contributed by atoms with Crippen molar-refractivity contribution in [3.05, 3.63) is 11.6 Å². The fourth-order valence-corrected chi connectivity index (χ4v) is 3.42. The molecular weight excluding hydrogens is 278 g/mol. The van der Waals surface area contributed by atoms with E-state index in [0.717, 1.165) is 65.3 Å². The Hall–Kier alpha value is -0.910. The highest BCUT2D eigenvalue weighted by Crippen LogP contribution is 2.15. The van der Waals surface area contributed by atoms with Gasteiger partial charge in [0.2, 0.25) is 5.91 Å². The quantitative estimate of drug-likeness (QED) is 0.568. The molecular formula is C17H31N3O2. The second-order valence-electron chi connectivity index (χ2n) is 6.40. The molecule has 5 nitrogen and oxygen atoms in total. The Labute approximate surface area is 134 Å². The summed E-state index contributed by atoms with van der Waals surface area (Å²) < 4.78 is 5.46. The summed E-state index contributed by atoms with van der Waals surface area (Å²) in [6.07, 6.45) is 5.82. The Morgan fingerprint density at radius 1 is 1.41 bits per heavy atom. The van der Waals surface area contributed by atoms with Crippen LogP contribution in [0.2, 0.25) is 0 Å². The van der Waals surface area contributed by atoms with Crippen molar-refractivity contribution in [1.29, 1.82) is 0 Å². The van der Waals surface area contributed by atoms with Gasteiger partial charge >= 0.3 is 0 Å². The van der Waals surface area contributed by atoms with Gasteiger partial charge in [-0.15, -0.1) is 0 Å². The Kier molecular flexibility index (Phi) is 7.36. The normalized spacial score (nSPS) is 24.1. The summed E-state index contributed by atoms with van der Waals surface area (Å²) >= 11 is 0. The highest BCUT2D eigenvalue weighted by Gasteiger charge is 2.22. The summed E-state index contributed by atoms with van der Waals surface area (Å²) in [5.74, 6) is 0.0887. The van der Waals surface area contributed by atoms with E-state index >= 15 is 0 Å². The average molecular weight is 309 g/mol. The fourth-order valence-electron chi connectivity index (χ4n) is 3.42. The fraction of sp³-hybridized carbons (Fsp3) is 0.824. The number of carbonyl (C=O) groups is 1. The highest BCUT2D eigenvalue weighted by atomic mass is 16.5. The van der Waals surface area contributed by atoms with Crippen LogP contribution in [0.4, 0.5) is 0 Å². The molecule has 0 aromatic heterocycles. The molecule has 2 heterocycles. The van der Waals surface area contributed by atoms with E-state index < -0.39 is 0 Å². The summed E-state index contributed by atoms with van der Waals surface area (Å²) in [6.45, 7) is 11.7. The molecule has 1 unspecified atom stereocenters. The molecule has 0 spiro atoms. The average Bonchev–Trinajstić information content (AvgIpc) is 2.47. The number of rotatable bonds is 7. The number of likely N-dealkylation sites (tertiary alicyclic amines) is 1. The van der Waals surface area contributed by atoms with Crippen LogP contribution in [0.25, 0.3) is 0 Å². The predicted octanol–water partition coefficient (Wildman–Crippen LogP) is 1.26. The van der Waals surface area contributed by atoms with Crippen molar-refractivity contribution in [2.75, 3.05) is 52.5 Å². The minimum atomic E-state index is 0.0887. The van der Waals surface area contributed by atoms with Crippen molar-refractivity contribution < 1.29 is 9.53 Å². The predicted molar refractivity (Wildman–Crippen MR) is 88.9 cm³/mol. The third kappa shape index (κ3) is 6.07. The minimum absolute atomic E-state index is 0.0887. The van der Waals surface area contributed by atoms with Crippen molar-refractivity contribution in [3.63, 3.8) is 0 Å². The van der Waals surface area contributed by atoms with E-state index in [1.807, 2.05) is 6.92 Å². The first-order valence-electron chi connectivity index (χ1n) is 8.65. The molecule has 1 atom stereocenters. The van der Waals surface area contributed by atoms with Crippen molar-refractivity contribution >= 4 is 5.91 Å². The molecule has 1 saturated heterocycles. The zero-order valence-corrected chi connectivity index (χ0v) is 14.1. The second-order valence-corrected chi connectivity index (χ2v) is 6.40. The third-order valence-electron chi connectivity index (χ3n) is 4.40. The van der Waals surface area contributed by atoms with Crippen LogP contribution in [-0.4, -0.2) is 74.2 Å². The van der Waals surface area contributed by atoms with Gasteiger partial charge in [0, 0.05) is 52.3 Å². The molecule has 126 valence electrons. The van der Waals surface area contributed by atoms with Crippen LogP contribution in [0, 0.1) is 0 Å². The number of hydrogen-bond acceptors (Lipinski definition) is 4. The molecule has 0 saturated carbocycles. The molecule has 1 amide bonds. The molecule has 1 fully saturated rings. The van der Waals surface area contributed by atoms with Gasteiger partial charge < -0.3 is 10.1 Å². The van der Waals surface area contributed by atoms with Gasteiger partial charge in [-0.3, -0.25) is 14.6 Å². The number of hydrogen-bond donors (Lipinski definition) is 1. The van der Waals surface area contributed by atoms with Crippen LogP contribution >= 0.6 is 0 Å². The number of piperidine rings is 1. The van der Waals surface area contributed by atoms with Crippen LogP contribution in [0.1, 0.15) is 33.1 Å². The number of nitrogens with one attached hydrogen (secondary N) is 1. The van der Waals surface area contributed by atoms with Crippen LogP contribution < -0.4 is 5.32 Å². The molecule has 2 aliphatic heterocycles. The van der Waals surface area contributed by atoms with Crippen molar-refractivity contribution in [2.24, 2.45) is 0 Å². The zero-order valence-electron chi connectivity index (χ0n) is 14.1. The lowest BCUT2D eigenvalue weighted by atomic mass is 10.0. The van der Waals surface area contributed by atoms with E-state index in [0.29, 0.717) is 6.04 Å². The first-order chi connectivity index (χ1) is 10.7. The van der Waals surface area contributed by atoms with Gasteiger partial charge in [-0.1, -0.05) is 6.08 Å². The van der Waals surface area contributed by atoms with Gasteiger partial charge in [0.15, 0.2) is 0 Å². The lowest BCUT2D eigenvalue weighted by Gasteiger charge is -2.35. The molecule has 22 heavy (non-hydrogen) atoms. The molecule has 2 rings (SSSR count). The maximum Gasteiger partial charge on any atom is 0.217 e. The molecule has 0 aromatic carbocycles. The van der Waals surface area contributed by atoms with Gasteiger partial charge in [0.25, 0.3) is 0 Å². The Morgan fingerprint density at radius 3 is 3.05 bits per heavy atom.